The summed E-state index contributed by atoms with van der Waals surface area (Å²) >= 11 is 0. The van der Waals surface area contributed by atoms with Crippen LogP contribution in [0.3, 0.4) is 0 Å². The first-order valence-corrected chi connectivity index (χ1v) is 8.71. The van der Waals surface area contributed by atoms with Crippen LogP contribution >= 0.6 is 0 Å². The van der Waals surface area contributed by atoms with Gasteiger partial charge in [0.1, 0.15) is 17.6 Å². The Balaban J connectivity index is 1.54. The fraction of sp³-hybridized carbons (Fsp3) is 0.421. The van der Waals surface area contributed by atoms with E-state index in [-0.39, 0.29) is 12.0 Å². The lowest BCUT2D eigenvalue weighted by Gasteiger charge is -2.21. The molecule has 2 heterocycles. The van der Waals surface area contributed by atoms with Crippen LogP contribution in [0.4, 0.5) is 0 Å². The third-order valence-corrected chi connectivity index (χ3v) is 4.20. The van der Waals surface area contributed by atoms with Crippen LogP contribution in [-0.2, 0) is 17.8 Å². The van der Waals surface area contributed by atoms with E-state index in [9.17, 15) is 4.79 Å². The van der Waals surface area contributed by atoms with Gasteiger partial charge in [-0.2, -0.15) is 0 Å². The molecule has 0 spiro atoms. The number of amides is 1. The van der Waals surface area contributed by atoms with E-state index in [1.54, 1.807) is 25.7 Å². The van der Waals surface area contributed by atoms with Gasteiger partial charge in [-0.25, -0.2) is 0 Å². The SMILES string of the molecule is COc1ccc2c(c1)O[C@H](C)CN(CC(=O)NCCc1cnccn1)C2. The van der Waals surface area contributed by atoms with Crippen molar-refractivity contribution in [2.45, 2.75) is 26.0 Å². The molecular formula is C19H24N4O3. The summed E-state index contributed by atoms with van der Waals surface area (Å²) in [5, 5.41) is 2.95. The van der Waals surface area contributed by atoms with Gasteiger partial charge in [-0.15, -0.1) is 0 Å². The molecule has 7 heteroatoms. The number of rotatable bonds is 6. The number of carbonyl (C=O) groups is 1. The standard InChI is InChI=1S/C19H24N4O3/c1-14-11-23(12-15-3-4-17(25-2)9-18(15)26-14)13-19(24)22-6-5-16-10-20-7-8-21-16/h3-4,7-10,14H,5-6,11-13H2,1-2H3,(H,22,24)/t14-/m1/s1. The topological polar surface area (TPSA) is 76.6 Å². The first-order valence-electron chi connectivity index (χ1n) is 8.71. The van der Waals surface area contributed by atoms with Gasteiger partial charge >= 0.3 is 0 Å². The van der Waals surface area contributed by atoms with Crippen LogP contribution in [0.1, 0.15) is 18.2 Å². The average Bonchev–Trinajstić information content (AvgIpc) is 2.79. The molecule has 1 aliphatic rings. The molecule has 26 heavy (non-hydrogen) atoms. The number of aromatic nitrogens is 2. The summed E-state index contributed by atoms with van der Waals surface area (Å²) in [5.41, 5.74) is 1.93. The van der Waals surface area contributed by atoms with Crippen LogP contribution < -0.4 is 14.8 Å². The molecule has 1 amide bonds. The van der Waals surface area contributed by atoms with E-state index in [1.807, 2.05) is 25.1 Å². The van der Waals surface area contributed by atoms with Gasteiger partial charge in [0.05, 0.1) is 19.3 Å². The molecular weight excluding hydrogens is 332 g/mol. The van der Waals surface area contributed by atoms with Gasteiger partial charge in [0.25, 0.3) is 0 Å². The van der Waals surface area contributed by atoms with Crippen molar-refractivity contribution in [3.63, 3.8) is 0 Å². The predicted octanol–water partition coefficient (Wildman–Crippen LogP) is 1.43. The van der Waals surface area contributed by atoms with Crippen molar-refractivity contribution < 1.29 is 14.3 Å². The molecule has 1 N–H and O–H groups in total. The zero-order valence-corrected chi connectivity index (χ0v) is 15.1. The molecule has 1 aromatic carbocycles. The van der Waals surface area contributed by atoms with Crippen molar-refractivity contribution in [1.82, 2.24) is 20.2 Å². The molecule has 0 radical (unpaired) electrons. The summed E-state index contributed by atoms with van der Waals surface area (Å²) < 4.78 is 11.2. The van der Waals surface area contributed by atoms with Gasteiger partial charge < -0.3 is 14.8 Å². The molecule has 0 aliphatic carbocycles. The molecule has 1 aliphatic heterocycles. The van der Waals surface area contributed by atoms with Crippen LogP contribution in [-0.4, -0.2) is 53.6 Å². The van der Waals surface area contributed by atoms with E-state index in [2.05, 4.69) is 20.2 Å². The Bertz CT molecular complexity index is 739. The zero-order chi connectivity index (χ0) is 18.4. The summed E-state index contributed by atoms with van der Waals surface area (Å²) in [7, 11) is 1.64. The van der Waals surface area contributed by atoms with E-state index in [4.69, 9.17) is 9.47 Å². The predicted molar refractivity (Wildman–Crippen MR) is 97.1 cm³/mol. The maximum atomic E-state index is 12.3. The largest absolute Gasteiger partial charge is 0.497 e. The highest BCUT2D eigenvalue weighted by atomic mass is 16.5. The summed E-state index contributed by atoms with van der Waals surface area (Å²) in [6.45, 7) is 4.24. The lowest BCUT2D eigenvalue weighted by Crippen LogP contribution is -2.40. The normalized spacial score (nSPS) is 16.9. The number of methoxy groups -OCH3 is 1. The Hall–Kier alpha value is -2.67. The Morgan fingerprint density at radius 2 is 2.31 bits per heavy atom. The molecule has 138 valence electrons. The number of nitrogens with one attached hydrogen (secondary N) is 1. The Morgan fingerprint density at radius 1 is 1.42 bits per heavy atom. The fourth-order valence-corrected chi connectivity index (χ4v) is 2.99. The summed E-state index contributed by atoms with van der Waals surface area (Å²) in [6, 6.07) is 5.80. The van der Waals surface area contributed by atoms with Gasteiger partial charge in [0, 0.05) is 56.3 Å². The highest BCUT2D eigenvalue weighted by Gasteiger charge is 2.22. The lowest BCUT2D eigenvalue weighted by molar-refractivity contribution is -0.122. The number of hydrogen-bond donors (Lipinski definition) is 1. The third-order valence-electron chi connectivity index (χ3n) is 4.20. The van der Waals surface area contributed by atoms with E-state index >= 15 is 0 Å². The number of carbonyl (C=O) groups excluding carboxylic acids is 1. The molecule has 1 atom stereocenters. The minimum Gasteiger partial charge on any atom is -0.497 e. The Morgan fingerprint density at radius 3 is 3.08 bits per heavy atom. The monoisotopic (exact) mass is 356 g/mol. The van der Waals surface area contributed by atoms with Crippen LogP contribution in [0.2, 0.25) is 0 Å². The maximum absolute atomic E-state index is 12.3. The van der Waals surface area contributed by atoms with E-state index in [1.165, 1.54) is 0 Å². The second-order valence-electron chi connectivity index (χ2n) is 6.37. The number of nitrogens with zero attached hydrogens (tertiary/aromatic N) is 3. The Kier molecular flexibility index (Phi) is 6.01. The first kappa shape index (κ1) is 18.1. The van der Waals surface area contributed by atoms with E-state index in [0.29, 0.717) is 32.6 Å². The number of fused-ring (bicyclic) bond motifs is 1. The van der Waals surface area contributed by atoms with Gasteiger partial charge in [-0.1, -0.05) is 6.07 Å². The third kappa shape index (κ3) is 4.92. The second-order valence-corrected chi connectivity index (χ2v) is 6.37. The van der Waals surface area contributed by atoms with E-state index in [0.717, 1.165) is 22.8 Å². The zero-order valence-electron chi connectivity index (χ0n) is 15.1. The molecule has 0 saturated carbocycles. The van der Waals surface area contributed by atoms with Crippen LogP contribution in [0.5, 0.6) is 11.5 Å². The van der Waals surface area contributed by atoms with Crippen molar-refractivity contribution in [3.05, 3.63) is 48.0 Å². The Labute approximate surface area is 153 Å². The molecule has 3 rings (SSSR count). The van der Waals surface area contributed by atoms with Crippen molar-refractivity contribution in [2.75, 3.05) is 26.7 Å². The van der Waals surface area contributed by atoms with Crippen LogP contribution in [0.25, 0.3) is 0 Å². The molecule has 0 saturated heterocycles. The molecule has 1 aromatic heterocycles. The number of hydrogen-bond acceptors (Lipinski definition) is 6. The van der Waals surface area contributed by atoms with Gasteiger partial charge in [0.2, 0.25) is 5.91 Å². The van der Waals surface area contributed by atoms with Gasteiger partial charge in [-0.05, 0) is 13.0 Å². The number of ether oxygens (including phenoxy) is 2. The molecule has 2 aromatic rings. The highest BCUT2D eigenvalue weighted by Crippen LogP contribution is 2.29. The molecule has 7 nitrogen and oxygen atoms in total. The summed E-state index contributed by atoms with van der Waals surface area (Å²) in [5.74, 6) is 1.59. The summed E-state index contributed by atoms with van der Waals surface area (Å²) in [6.07, 6.45) is 5.67. The van der Waals surface area contributed by atoms with E-state index < -0.39 is 0 Å². The van der Waals surface area contributed by atoms with Gasteiger partial charge in [-0.3, -0.25) is 19.7 Å². The lowest BCUT2D eigenvalue weighted by atomic mass is 10.2. The van der Waals surface area contributed by atoms with Crippen LogP contribution in [0, 0.1) is 0 Å². The van der Waals surface area contributed by atoms with Crippen molar-refractivity contribution in [3.8, 4) is 11.5 Å². The quantitative estimate of drug-likeness (QED) is 0.844. The van der Waals surface area contributed by atoms with Gasteiger partial charge in [0.15, 0.2) is 0 Å². The average molecular weight is 356 g/mol. The fourth-order valence-electron chi connectivity index (χ4n) is 2.99. The molecule has 0 unspecified atom stereocenters. The minimum absolute atomic E-state index is 0.00180. The molecule has 0 fully saturated rings. The van der Waals surface area contributed by atoms with Crippen molar-refractivity contribution in [2.24, 2.45) is 0 Å². The molecule has 0 bridgehead atoms. The first-order chi connectivity index (χ1) is 12.6. The smallest absolute Gasteiger partial charge is 0.234 e. The highest BCUT2D eigenvalue weighted by molar-refractivity contribution is 5.78. The maximum Gasteiger partial charge on any atom is 0.234 e. The van der Waals surface area contributed by atoms with Crippen LogP contribution in [0.15, 0.2) is 36.8 Å². The summed E-state index contributed by atoms with van der Waals surface area (Å²) in [4.78, 5) is 22.6. The minimum atomic E-state index is -0.00394. The van der Waals surface area contributed by atoms with Crippen molar-refractivity contribution >= 4 is 5.91 Å². The number of benzene rings is 1. The van der Waals surface area contributed by atoms with Crippen molar-refractivity contribution in [1.29, 1.82) is 0 Å². The second kappa shape index (κ2) is 8.62.